The number of sulfonamides is 1. The highest BCUT2D eigenvalue weighted by atomic mass is 35.5. The first-order valence-corrected chi connectivity index (χ1v) is 12.0. The van der Waals surface area contributed by atoms with Gasteiger partial charge in [0, 0.05) is 38.3 Å². The van der Waals surface area contributed by atoms with Gasteiger partial charge in [-0.3, -0.25) is 9.59 Å². The van der Waals surface area contributed by atoms with E-state index in [-0.39, 0.29) is 28.2 Å². The topological polar surface area (TPSA) is 86.8 Å². The van der Waals surface area contributed by atoms with E-state index in [1.807, 2.05) is 30.3 Å². The number of hydrogen-bond acceptors (Lipinski definition) is 4. The summed E-state index contributed by atoms with van der Waals surface area (Å²) in [5, 5.41) is 2.84. The fourth-order valence-electron chi connectivity index (χ4n) is 3.63. The molecule has 0 spiro atoms. The first kappa shape index (κ1) is 23.2. The van der Waals surface area contributed by atoms with Gasteiger partial charge >= 0.3 is 0 Å². The normalized spacial score (nSPS) is 16.7. The van der Waals surface area contributed by atoms with Gasteiger partial charge in [-0.05, 0) is 23.8 Å². The standard InChI is InChI=1S/C22H26ClN3O4S/c1-3-26(4-2)31(29,30)20-13-18(10-11-19(20)23)24-22(28)17-12-21(27)25(15-17)14-16-8-6-5-7-9-16/h5-11,13,17H,3-4,12,14-15H2,1-2H3,(H,24,28)/t17-/m0/s1. The molecule has 31 heavy (non-hydrogen) atoms. The Balaban J connectivity index is 1.72. The van der Waals surface area contributed by atoms with Crippen LogP contribution in [-0.2, 0) is 26.2 Å². The van der Waals surface area contributed by atoms with Gasteiger partial charge in [-0.25, -0.2) is 8.42 Å². The number of carbonyl (C=O) groups excluding carboxylic acids is 2. The zero-order chi connectivity index (χ0) is 22.6. The number of nitrogens with zero attached hydrogens (tertiary/aromatic N) is 2. The fourth-order valence-corrected chi connectivity index (χ4v) is 5.59. The van der Waals surface area contributed by atoms with Crippen LogP contribution in [0.25, 0.3) is 0 Å². The van der Waals surface area contributed by atoms with Crippen LogP contribution in [0.15, 0.2) is 53.4 Å². The quantitative estimate of drug-likeness (QED) is 0.650. The van der Waals surface area contributed by atoms with Gasteiger partial charge in [0.1, 0.15) is 4.90 Å². The first-order chi connectivity index (χ1) is 14.8. The number of anilines is 1. The third-order valence-corrected chi connectivity index (χ3v) is 7.85. The third-order valence-electron chi connectivity index (χ3n) is 5.32. The van der Waals surface area contributed by atoms with Gasteiger partial charge in [-0.1, -0.05) is 55.8 Å². The monoisotopic (exact) mass is 463 g/mol. The SMILES string of the molecule is CCN(CC)S(=O)(=O)c1cc(NC(=O)[C@H]2CC(=O)N(Cc3ccccc3)C2)ccc1Cl. The predicted molar refractivity (Wildman–Crippen MR) is 120 cm³/mol. The van der Waals surface area contributed by atoms with E-state index < -0.39 is 15.9 Å². The van der Waals surface area contributed by atoms with E-state index in [9.17, 15) is 18.0 Å². The van der Waals surface area contributed by atoms with E-state index in [0.717, 1.165) is 5.56 Å². The van der Waals surface area contributed by atoms with Crippen LogP contribution in [0.2, 0.25) is 5.02 Å². The summed E-state index contributed by atoms with van der Waals surface area (Å²) in [5.74, 6) is -0.905. The number of benzene rings is 2. The Morgan fingerprint density at radius 1 is 1.16 bits per heavy atom. The van der Waals surface area contributed by atoms with E-state index in [2.05, 4.69) is 5.32 Å². The molecule has 2 aromatic rings. The highest BCUT2D eigenvalue weighted by Crippen LogP contribution is 2.29. The smallest absolute Gasteiger partial charge is 0.244 e. The molecule has 1 aliphatic heterocycles. The van der Waals surface area contributed by atoms with E-state index >= 15 is 0 Å². The molecule has 9 heteroatoms. The zero-order valence-electron chi connectivity index (χ0n) is 17.5. The van der Waals surface area contributed by atoms with Crippen molar-refractivity contribution < 1.29 is 18.0 Å². The second-order valence-corrected chi connectivity index (χ2v) is 9.70. The van der Waals surface area contributed by atoms with Gasteiger partial charge < -0.3 is 10.2 Å². The molecule has 2 aromatic carbocycles. The van der Waals surface area contributed by atoms with E-state index in [4.69, 9.17) is 11.6 Å². The van der Waals surface area contributed by atoms with Crippen molar-refractivity contribution in [3.63, 3.8) is 0 Å². The lowest BCUT2D eigenvalue weighted by Gasteiger charge is -2.20. The lowest BCUT2D eigenvalue weighted by molar-refractivity contribution is -0.128. The third kappa shape index (κ3) is 5.26. The van der Waals surface area contributed by atoms with Crippen molar-refractivity contribution in [3.05, 3.63) is 59.1 Å². The van der Waals surface area contributed by atoms with Crippen molar-refractivity contribution in [3.8, 4) is 0 Å². The molecule has 2 amide bonds. The first-order valence-electron chi connectivity index (χ1n) is 10.2. The average Bonchev–Trinajstić information content (AvgIpc) is 3.11. The van der Waals surface area contributed by atoms with Gasteiger partial charge in [0.15, 0.2) is 0 Å². The number of carbonyl (C=O) groups is 2. The second-order valence-electron chi connectivity index (χ2n) is 7.38. The van der Waals surface area contributed by atoms with Gasteiger partial charge in [0.2, 0.25) is 21.8 Å². The van der Waals surface area contributed by atoms with Crippen LogP contribution in [0.4, 0.5) is 5.69 Å². The minimum atomic E-state index is -3.77. The lowest BCUT2D eigenvalue weighted by atomic mass is 10.1. The summed E-state index contributed by atoms with van der Waals surface area (Å²) in [7, 11) is -3.77. The number of halogens is 1. The molecule has 0 aromatic heterocycles. The maximum absolute atomic E-state index is 12.8. The Bertz CT molecular complexity index is 1060. The van der Waals surface area contributed by atoms with Crippen LogP contribution in [0.1, 0.15) is 25.8 Å². The molecule has 1 saturated heterocycles. The van der Waals surface area contributed by atoms with Crippen LogP contribution in [0, 0.1) is 5.92 Å². The highest BCUT2D eigenvalue weighted by Gasteiger charge is 2.34. The van der Waals surface area contributed by atoms with Gasteiger partial charge in [-0.15, -0.1) is 0 Å². The Labute approximate surface area is 188 Å². The van der Waals surface area contributed by atoms with E-state index in [1.165, 1.54) is 16.4 Å². The van der Waals surface area contributed by atoms with Crippen LogP contribution in [0.3, 0.4) is 0 Å². The number of rotatable bonds is 8. The van der Waals surface area contributed by atoms with Crippen molar-refractivity contribution in [1.29, 1.82) is 0 Å². The minimum absolute atomic E-state index is 0.0520. The molecule has 7 nitrogen and oxygen atoms in total. The molecule has 1 fully saturated rings. The van der Waals surface area contributed by atoms with Crippen molar-refractivity contribution >= 4 is 39.1 Å². The Morgan fingerprint density at radius 3 is 2.48 bits per heavy atom. The number of hydrogen-bond donors (Lipinski definition) is 1. The van der Waals surface area contributed by atoms with E-state index in [0.29, 0.717) is 31.9 Å². The Hall–Kier alpha value is -2.42. The molecule has 1 heterocycles. The molecule has 1 aliphatic rings. The highest BCUT2D eigenvalue weighted by molar-refractivity contribution is 7.89. The van der Waals surface area contributed by atoms with Crippen molar-refractivity contribution in [2.24, 2.45) is 5.92 Å². The summed E-state index contributed by atoms with van der Waals surface area (Å²) in [6, 6.07) is 14.0. The minimum Gasteiger partial charge on any atom is -0.338 e. The number of amides is 2. The fraction of sp³-hybridized carbons (Fsp3) is 0.364. The summed E-state index contributed by atoms with van der Waals surface area (Å²) in [6.07, 6.45) is 0.122. The van der Waals surface area contributed by atoms with E-state index in [1.54, 1.807) is 24.8 Å². The maximum atomic E-state index is 12.8. The molecule has 0 saturated carbocycles. The largest absolute Gasteiger partial charge is 0.338 e. The summed E-state index contributed by atoms with van der Waals surface area (Å²) in [6.45, 7) is 4.90. The number of likely N-dealkylation sites (tertiary alicyclic amines) is 1. The summed E-state index contributed by atoms with van der Waals surface area (Å²) >= 11 is 6.15. The summed E-state index contributed by atoms with van der Waals surface area (Å²) in [5.41, 5.74) is 1.33. The Morgan fingerprint density at radius 2 is 1.84 bits per heavy atom. The summed E-state index contributed by atoms with van der Waals surface area (Å²) in [4.78, 5) is 26.7. The van der Waals surface area contributed by atoms with Gasteiger partial charge in [0.05, 0.1) is 10.9 Å². The van der Waals surface area contributed by atoms with Crippen molar-refractivity contribution in [1.82, 2.24) is 9.21 Å². The summed E-state index contributed by atoms with van der Waals surface area (Å²) < 4.78 is 27.0. The molecule has 166 valence electrons. The molecule has 0 aliphatic carbocycles. The molecule has 3 rings (SSSR count). The molecule has 0 unspecified atom stereocenters. The average molecular weight is 464 g/mol. The van der Waals surface area contributed by atoms with Crippen molar-refractivity contribution in [2.45, 2.75) is 31.7 Å². The van der Waals surface area contributed by atoms with Crippen LogP contribution in [0.5, 0.6) is 0 Å². The van der Waals surface area contributed by atoms with Crippen LogP contribution < -0.4 is 5.32 Å². The molecule has 0 bridgehead atoms. The predicted octanol–water partition coefficient (Wildman–Crippen LogP) is 3.36. The van der Waals surface area contributed by atoms with Crippen LogP contribution in [-0.4, -0.2) is 49.1 Å². The van der Waals surface area contributed by atoms with Gasteiger partial charge in [-0.2, -0.15) is 4.31 Å². The lowest BCUT2D eigenvalue weighted by Crippen LogP contribution is -2.31. The zero-order valence-corrected chi connectivity index (χ0v) is 19.1. The van der Waals surface area contributed by atoms with Gasteiger partial charge in [0.25, 0.3) is 0 Å². The van der Waals surface area contributed by atoms with Crippen LogP contribution >= 0.6 is 11.6 Å². The van der Waals surface area contributed by atoms with Crippen molar-refractivity contribution in [2.75, 3.05) is 25.0 Å². The molecule has 0 radical (unpaired) electrons. The molecular formula is C22H26ClN3O4S. The number of nitrogens with one attached hydrogen (secondary N) is 1. The second kappa shape index (κ2) is 9.80. The Kier molecular flexibility index (Phi) is 7.35. The molecular weight excluding hydrogens is 438 g/mol. The molecule has 1 N–H and O–H groups in total. The maximum Gasteiger partial charge on any atom is 0.244 e. The molecule has 1 atom stereocenters.